The maximum absolute atomic E-state index is 14.4. The number of fused-ring (bicyclic) bond motifs is 10. The minimum atomic E-state index is -0.943. The molecule has 270 valence electrons. The zero-order chi connectivity index (χ0) is 38.8. The van der Waals surface area contributed by atoms with E-state index in [-0.39, 0.29) is 24.8 Å². The summed E-state index contributed by atoms with van der Waals surface area (Å²) in [6.45, 7) is 0.386. The van der Waals surface area contributed by atoms with Crippen LogP contribution in [0, 0.1) is 5.82 Å². The number of carbonyl (C=O) groups excluding carboxylic acids is 1. The third kappa shape index (κ3) is 4.54. The molecule has 0 amide bonds. The highest BCUT2D eigenvalue weighted by atomic mass is 19.1. The average Bonchev–Trinajstić information content (AvgIpc) is 3.78. The normalized spacial score (nSPS) is 13.0. The van der Waals surface area contributed by atoms with Crippen molar-refractivity contribution >= 4 is 75.7 Å². The van der Waals surface area contributed by atoms with E-state index in [0.29, 0.717) is 12.2 Å². The van der Waals surface area contributed by atoms with Gasteiger partial charge in [0.1, 0.15) is 11.6 Å². The fourth-order valence-electron chi connectivity index (χ4n) is 10.1. The lowest BCUT2D eigenvalue weighted by Gasteiger charge is -2.43. The molecule has 4 aliphatic heterocycles. The molecule has 0 saturated heterocycles. The second-order valence-corrected chi connectivity index (χ2v) is 15.4. The molecule has 0 fully saturated rings. The van der Waals surface area contributed by atoms with Crippen LogP contribution in [0.5, 0.6) is 5.75 Å². The average molecular weight is 747 g/mol. The summed E-state index contributed by atoms with van der Waals surface area (Å²) in [5.74, 6) is -0.710. The lowest BCUT2D eigenvalue weighted by Crippen LogP contribution is -2.63. The predicted molar refractivity (Wildman–Crippen MR) is 231 cm³/mol. The molecule has 8 heteroatoms. The van der Waals surface area contributed by atoms with Gasteiger partial charge in [0.15, 0.2) is 0 Å². The highest BCUT2D eigenvalue weighted by Gasteiger charge is 2.49. The molecule has 0 spiro atoms. The molecule has 0 radical (unpaired) electrons. The molecule has 4 heterocycles. The quantitative estimate of drug-likeness (QED) is 0.145. The number of aromatic carboxylic acids is 1. The van der Waals surface area contributed by atoms with Gasteiger partial charge in [-0.05, 0) is 138 Å². The van der Waals surface area contributed by atoms with E-state index in [1.807, 2.05) is 48.5 Å². The number of carboxylic acids is 1. The maximum atomic E-state index is 14.4. The smallest absolute Gasteiger partial charge is 0.335 e. The Balaban J connectivity index is 1.09. The van der Waals surface area contributed by atoms with Gasteiger partial charge in [-0.3, -0.25) is 4.79 Å². The summed E-state index contributed by atoms with van der Waals surface area (Å²) in [5.41, 5.74) is 22.1. The Morgan fingerprint density at radius 1 is 0.534 bits per heavy atom. The Hall–Kier alpha value is -7.44. The first-order valence-corrected chi connectivity index (χ1v) is 19.3. The van der Waals surface area contributed by atoms with E-state index in [1.165, 1.54) is 78.5 Å². The van der Waals surface area contributed by atoms with Gasteiger partial charge < -0.3 is 14.7 Å². The topological polar surface area (TPSA) is 66.8 Å². The van der Waals surface area contributed by atoms with Gasteiger partial charge in [-0.25, -0.2) is 9.18 Å². The summed E-state index contributed by atoms with van der Waals surface area (Å²) in [5, 5.41) is 9.51. The standard InChI is InChI=1S/C50H28B2FNO4/c53-35-17-11-30(12-18-35)34-25-43-49-44(26-34)52-42-22-16-33(29-13-19-36(20-14-29)58-27-55)24-40(42)38-4-2-6-46(48(38)52)54(49)45-5-1-3-37-39-23-32(15-21-41(39)51(43)47(37)45)28-7-9-31(10-8-28)50(56)57/h1-27H,(H,56,57). The van der Waals surface area contributed by atoms with Crippen LogP contribution < -0.4 is 42.4 Å². The SMILES string of the molecule is O=COc1ccc(-c2ccc3c(c2)-c2cccc4c2B3c2cc(-c3ccc(F)cc3)cc3c2N4c2cccc4c2B3c2ccc(-c3ccc(C(=O)O)cc3)cc2-4)cc1. The van der Waals surface area contributed by atoms with Crippen molar-refractivity contribution in [3.63, 3.8) is 0 Å². The number of hydrogen-bond donors (Lipinski definition) is 1. The van der Waals surface area contributed by atoms with Gasteiger partial charge in [0.2, 0.25) is 13.4 Å². The van der Waals surface area contributed by atoms with Crippen molar-refractivity contribution in [2.24, 2.45) is 0 Å². The van der Waals surface area contributed by atoms with Crippen molar-refractivity contribution in [1.82, 2.24) is 0 Å². The largest absolute Gasteiger partial charge is 0.478 e. The molecule has 0 atom stereocenters. The summed E-state index contributed by atoms with van der Waals surface area (Å²) < 4.78 is 19.4. The van der Waals surface area contributed by atoms with E-state index >= 15 is 0 Å². The Morgan fingerprint density at radius 2 is 1.02 bits per heavy atom. The Bertz CT molecular complexity index is 3110. The Labute approximate surface area is 333 Å². The number of benzene rings is 8. The monoisotopic (exact) mass is 747 g/mol. The first-order valence-electron chi connectivity index (χ1n) is 19.3. The fourth-order valence-corrected chi connectivity index (χ4v) is 10.1. The lowest BCUT2D eigenvalue weighted by atomic mass is 9.32. The van der Waals surface area contributed by atoms with Crippen LogP contribution in [0.1, 0.15) is 10.4 Å². The van der Waals surface area contributed by atoms with Gasteiger partial charge in [-0.15, -0.1) is 0 Å². The molecule has 0 saturated carbocycles. The van der Waals surface area contributed by atoms with Crippen LogP contribution in [0.2, 0.25) is 0 Å². The van der Waals surface area contributed by atoms with Crippen molar-refractivity contribution in [2.45, 2.75) is 0 Å². The van der Waals surface area contributed by atoms with Crippen LogP contribution in [-0.2, 0) is 4.79 Å². The van der Waals surface area contributed by atoms with Gasteiger partial charge in [0.25, 0.3) is 6.47 Å². The number of rotatable bonds is 6. The van der Waals surface area contributed by atoms with Gasteiger partial charge >= 0.3 is 5.97 Å². The molecular formula is C50H28B2FNO4. The highest BCUT2D eigenvalue weighted by molar-refractivity contribution is 7.05. The fraction of sp³-hybridized carbons (Fsp3) is 0. The number of carboxylic acid groups (broad SMARTS) is 1. The minimum Gasteiger partial charge on any atom is -0.478 e. The van der Waals surface area contributed by atoms with Crippen molar-refractivity contribution in [1.29, 1.82) is 0 Å². The number of ether oxygens (including phenoxy) is 1. The molecule has 8 aromatic carbocycles. The molecule has 0 bridgehead atoms. The van der Waals surface area contributed by atoms with Crippen molar-refractivity contribution in [2.75, 3.05) is 4.90 Å². The molecule has 0 unspecified atom stereocenters. The number of hydrogen-bond acceptors (Lipinski definition) is 4. The minimum absolute atomic E-state index is 0.0224. The summed E-state index contributed by atoms with van der Waals surface area (Å²) in [6.07, 6.45) is 0. The second-order valence-electron chi connectivity index (χ2n) is 15.4. The molecule has 4 aliphatic rings. The van der Waals surface area contributed by atoms with E-state index in [2.05, 4.69) is 89.8 Å². The molecule has 0 aromatic heterocycles. The summed E-state index contributed by atoms with van der Waals surface area (Å²) in [7, 11) is 0. The zero-order valence-electron chi connectivity index (χ0n) is 30.7. The van der Waals surface area contributed by atoms with Crippen molar-refractivity contribution in [3.8, 4) is 61.4 Å². The first kappa shape index (κ1) is 32.8. The van der Waals surface area contributed by atoms with Crippen molar-refractivity contribution < 1.29 is 23.8 Å². The van der Waals surface area contributed by atoms with Crippen LogP contribution in [0.25, 0.3) is 55.6 Å². The molecule has 5 nitrogen and oxygen atoms in total. The van der Waals surface area contributed by atoms with E-state index in [4.69, 9.17) is 4.74 Å². The number of anilines is 3. The van der Waals surface area contributed by atoms with Crippen LogP contribution in [0.15, 0.2) is 158 Å². The summed E-state index contributed by atoms with van der Waals surface area (Å²) >= 11 is 0. The number of nitrogens with zero attached hydrogens (tertiary/aromatic N) is 1. The Kier molecular flexibility index (Phi) is 6.80. The van der Waals surface area contributed by atoms with Crippen LogP contribution in [0.3, 0.4) is 0 Å². The molecule has 1 N–H and O–H groups in total. The van der Waals surface area contributed by atoms with Gasteiger partial charge in [-0.2, -0.15) is 0 Å². The Morgan fingerprint density at radius 3 is 1.53 bits per heavy atom. The van der Waals surface area contributed by atoms with Crippen LogP contribution in [-0.4, -0.2) is 31.0 Å². The number of carbonyl (C=O) groups is 2. The van der Waals surface area contributed by atoms with Crippen LogP contribution in [0.4, 0.5) is 21.5 Å². The van der Waals surface area contributed by atoms with E-state index < -0.39 is 5.97 Å². The third-order valence-corrected chi connectivity index (χ3v) is 12.6. The third-order valence-electron chi connectivity index (χ3n) is 12.6. The predicted octanol–water partition coefficient (Wildman–Crippen LogP) is 7.15. The first-order chi connectivity index (χ1) is 28.4. The second kappa shape index (κ2) is 12.0. The van der Waals surface area contributed by atoms with Gasteiger partial charge in [-0.1, -0.05) is 108 Å². The molecule has 58 heavy (non-hydrogen) atoms. The lowest BCUT2D eigenvalue weighted by molar-refractivity contribution is -0.120. The molecular weight excluding hydrogens is 719 g/mol. The van der Waals surface area contributed by atoms with E-state index in [1.54, 1.807) is 12.1 Å². The van der Waals surface area contributed by atoms with E-state index in [0.717, 1.165) is 39.1 Å². The van der Waals surface area contributed by atoms with Gasteiger partial charge in [0, 0.05) is 17.1 Å². The van der Waals surface area contributed by atoms with E-state index in [9.17, 15) is 19.1 Å². The number of halogens is 1. The molecule has 8 aromatic rings. The molecule has 0 aliphatic carbocycles. The zero-order valence-corrected chi connectivity index (χ0v) is 30.7. The van der Waals surface area contributed by atoms with Crippen molar-refractivity contribution in [3.05, 3.63) is 169 Å². The summed E-state index contributed by atoms with van der Waals surface area (Å²) in [6, 6.07) is 52.8. The molecule has 12 rings (SSSR count). The van der Waals surface area contributed by atoms with Crippen LogP contribution >= 0.6 is 0 Å². The summed E-state index contributed by atoms with van der Waals surface area (Å²) in [4.78, 5) is 25.0. The highest BCUT2D eigenvalue weighted by Crippen LogP contribution is 2.45. The van der Waals surface area contributed by atoms with Gasteiger partial charge in [0.05, 0.1) is 5.56 Å². The maximum Gasteiger partial charge on any atom is 0.335 e.